The van der Waals surface area contributed by atoms with Crippen LogP contribution < -0.4 is 4.90 Å². The Balaban J connectivity index is 2.10. The van der Waals surface area contributed by atoms with Gasteiger partial charge in [0.2, 0.25) is 11.8 Å². The van der Waals surface area contributed by atoms with Gasteiger partial charge in [0.1, 0.15) is 5.92 Å². The average molecular weight is 362 g/mol. The van der Waals surface area contributed by atoms with E-state index in [2.05, 4.69) is 4.85 Å². The molecule has 2 aromatic carbocycles. The van der Waals surface area contributed by atoms with E-state index in [1.807, 2.05) is 6.92 Å². The zero-order valence-corrected chi connectivity index (χ0v) is 15.0. The number of hydrogen-bond acceptors (Lipinski definition) is 4. The highest BCUT2D eigenvalue weighted by Gasteiger charge is 2.63. The van der Waals surface area contributed by atoms with Crippen LogP contribution in [0.15, 0.2) is 54.6 Å². The highest BCUT2D eigenvalue weighted by molar-refractivity contribution is 6.22. The number of imide groups is 1. The topological polar surface area (TPSA) is 68.0 Å². The van der Waals surface area contributed by atoms with E-state index in [1.165, 1.54) is 7.11 Å². The Morgan fingerprint density at radius 2 is 1.78 bits per heavy atom. The second kappa shape index (κ2) is 7.04. The highest BCUT2D eigenvalue weighted by Crippen LogP contribution is 2.43. The minimum absolute atomic E-state index is 0.237. The van der Waals surface area contributed by atoms with E-state index in [0.29, 0.717) is 11.3 Å². The Kier molecular flexibility index (Phi) is 4.78. The Morgan fingerprint density at radius 3 is 2.33 bits per heavy atom. The number of hydrogen-bond donors (Lipinski definition) is 0. The van der Waals surface area contributed by atoms with E-state index >= 15 is 0 Å². The van der Waals surface area contributed by atoms with Gasteiger partial charge in [-0.05, 0) is 19.1 Å². The summed E-state index contributed by atoms with van der Waals surface area (Å²) in [5, 5.41) is 0. The number of aryl methyl sites for hydroxylation is 1. The number of methoxy groups -OCH3 is 1. The molecule has 0 unspecified atom stereocenters. The molecule has 0 bridgehead atoms. The summed E-state index contributed by atoms with van der Waals surface area (Å²) in [6, 6.07) is 15.2. The van der Waals surface area contributed by atoms with Gasteiger partial charge >= 0.3 is 11.5 Å². The van der Waals surface area contributed by atoms with Crippen molar-refractivity contribution in [2.24, 2.45) is 5.92 Å². The second-order valence-corrected chi connectivity index (χ2v) is 6.40. The number of ether oxygens (including phenoxy) is 1. The van der Waals surface area contributed by atoms with Crippen molar-refractivity contribution in [2.45, 2.75) is 18.9 Å². The van der Waals surface area contributed by atoms with Crippen LogP contribution in [0.4, 0.5) is 5.69 Å². The van der Waals surface area contributed by atoms with Crippen molar-refractivity contribution in [1.29, 1.82) is 0 Å². The number of nitrogens with zero attached hydrogens (tertiary/aromatic N) is 2. The van der Waals surface area contributed by atoms with Crippen LogP contribution >= 0.6 is 0 Å². The zero-order valence-electron chi connectivity index (χ0n) is 15.0. The molecule has 1 heterocycles. The Bertz CT molecular complexity index is 931. The molecule has 0 aliphatic carbocycles. The third-order valence-electron chi connectivity index (χ3n) is 4.83. The lowest BCUT2D eigenvalue weighted by Gasteiger charge is -2.24. The third-order valence-corrected chi connectivity index (χ3v) is 4.83. The standard InChI is InChI=1S/C21H18N2O4/c1-14-9-11-16(12-10-14)23-18(24)13-17(19(23)25)21(22-2,20(26)27-3)15-7-5-4-6-8-15/h4-12,17H,13H2,1,3H3/t17-,21-/m0/s1. The summed E-state index contributed by atoms with van der Waals surface area (Å²) in [7, 11) is 1.17. The van der Waals surface area contributed by atoms with Crippen LogP contribution in [0.5, 0.6) is 0 Å². The van der Waals surface area contributed by atoms with Gasteiger partial charge in [-0.1, -0.05) is 48.0 Å². The predicted molar refractivity (Wildman–Crippen MR) is 98.5 cm³/mol. The minimum Gasteiger partial charge on any atom is -0.463 e. The first-order chi connectivity index (χ1) is 13.0. The highest BCUT2D eigenvalue weighted by atomic mass is 16.5. The quantitative estimate of drug-likeness (QED) is 0.476. The van der Waals surface area contributed by atoms with Crippen molar-refractivity contribution >= 4 is 23.5 Å². The van der Waals surface area contributed by atoms with Crippen LogP contribution in [0.1, 0.15) is 17.5 Å². The van der Waals surface area contributed by atoms with Crippen LogP contribution in [-0.2, 0) is 24.7 Å². The molecular formula is C21H18N2O4. The summed E-state index contributed by atoms with van der Waals surface area (Å²) in [6.45, 7) is 9.64. The summed E-state index contributed by atoms with van der Waals surface area (Å²) in [5.74, 6) is -3.02. The van der Waals surface area contributed by atoms with Crippen LogP contribution in [0, 0.1) is 19.4 Å². The van der Waals surface area contributed by atoms with Crippen molar-refractivity contribution in [1.82, 2.24) is 0 Å². The first-order valence-corrected chi connectivity index (χ1v) is 8.41. The fourth-order valence-corrected chi connectivity index (χ4v) is 3.42. The molecule has 6 nitrogen and oxygen atoms in total. The van der Waals surface area contributed by atoms with Gasteiger partial charge in [0, 0.05) is 12.0 Å². The van der Waals surface area contributed by atoms with Crippen molar-refractivity contribution in [3.63, 3.8) is 0 Å². The van der Waals surface area contributed by atoms with Gasteiger partial charge in [-0.2, -0.15) is 0 Å². The van der Waals surface area contributed by atoms with Gasteiger partial charge in [0.25, 0.3) is 0 Å². The molecule has 0 saturated carbocycles. The maximum absolute atomic E-state index is 13.2. The van der Waals surface area contributed by atoms with E-state index < -0.39 is 29.2 Å². The monoisotopic (exact) mass is 362 g/mol. The lowest BCUT2D eigenvalue weighted by atomic mass is 9.77. The smallest absolute Gasteiger partial charge is 0.399 e. The summed E-state index contributed by atoms with van der Waals surface area (Å²) >= 11 is 0. The van der Waals surface area contributed by atoms with Gasteiger partial charge in [-0.3, -0.25) is 19.3 Å². The fourth-order valence-electron chi connectivity index (χ4n) is 3.42. The minimum atomic E-state index is -1.90. The maximum atomic E-state index is 13.2. The van der Waals surface area contributed by atoms with Gasteiger partial charge < -0.3 is 4.74 Å². The van der Waals surface area contributed by atoms with Crippen LogP contribution in [0.3, 0.4) is 0 Å². The molecule has 136 valence electrons. The molecular weight excluding hydrogens is 344 g/mol. The predicted octanol–water partition coefficient (Wildman–Crippen LogP) is 2.86. The van der Waals surface area contributed by atoms with E-state index in [1.54, 1.807) is 54.6 Å². The molecule has 1 aliphatic heterocycles. The van der Waals surface area contributed by atoms with Crippen LogP contribution in [-0.4, -0.2) is 24.9 Å². The average Bonchev–Trinajstić information content (AvgIpc) is 2.99. The molecule has 3 rings (SSSR count). The van der Waals surface area contributed by atoms with E-state index in [-0.39, 0.29) is 6.42 Å². The molecule has 1 aliphatic rings. The maximum Gasteiger partial charge on any atom is 0.399 e. The molecule has 2 amide bonds. The fraction of sp³-hybridized carbons (Fsp3) is 0.238. The van der Waals surface area contributed by atoms with Crippen LogP contribution in [0.2, 0.25) is 0 Å². The van der Waals surface area contributed by atoms with Gasteiger partial charge in [0.15, 0.2) is 0 Å². The summed E-state index contributed by atoms with van der Waals surface area (Å²) in [5.41, 5.74) is -0.148. The van der Waals surface area contributed by atoms with E-state index in [0.717, 1.165) is 10.5 Å². The number of amides is 2. The molecule has 6 heteroatoms. The number of rotatable bonds is 4. The Morgan fingerprint density at radius 1 is 1.15 bits per heavy atom. The number of esters is 1. The van der Waals surface area contributed by atoms with E-state index in [4.69, 9.17) is 11.3 Å². The molecule has 0 spiro atoms. The molecule has 2 aromatic rings. The first kappa shape index (κ1) is 18.3. The molecule has 2 atom stereocenters. The van der Waals surface area contributed by atoms with Crippen molar-refractivity contribution in [3.8, 4) is 0 Å². The SMILES string of the molecule is [C-]#[N+][C@@](C(=O)OC)(c1ccccc1)[C@H]1CC(=O)N(c2ccc(C)cc2)C1=O. The number of carbonyl (C=O) groups excluding carboxylic acids is 3. The van der Waals surface area contributed by atoms with Crippen molar-refractivity contribution in [2.75, 3.05) is 12.0 Å². The number of carbonyl (C=O) groups is 3. The molecule has 27 heavy (non-hydrogen) atoms. The summed E-state index contributed by atoms with van der Waals surface area (Å²) in [6.07, 6.45) is -0.237. The number of anilines is 1. The third kappa shape index (κ3) is 2.87. The molecule has 0 radical (unpaired) electrons. The van der Waals surface area contributed by atoms with Gasteiger partial charge in [-0.15, -0.1) is 0 Å². The molecule has 1 fully saturated rings. The summed E-state index contributed by atoms with van der Waals surface area (Å²) < 4.78 is 4.88. The van der Waals surface area contributed by atoms with Crippen molar-refractivity contribution < 1.29 is 19.1 Å². The van der Waals surface area contributed by atoms with Gasteiger partial charge in [0.05, 0.1) is 12.8 Å². The van der Waals surface area contributed by atoms with Crippen molar-refractivity contribution in [3.05, 3.63) is 77.1 Å². The zero-order chi connectivity index (χ0) is 19.6. The lowest BCUT2D eigenvalue weighted by molar-refractivity contribution is -0.149. The molecule has 0 aromatic heterocycles. The largest absolute Gasteiger partial charge is 0.463 e. The Hall–Kier alpha value is -3.46. The molecule has 0 N–H and O–H groups in total. The van der Waals surface area contributed by atoms with Gasteiger partial charge in [-0.25, -0.2) is 11.4 Å². The summed E-state index contributed by atoms with van der Waals surface area (Å²) in [4.78, 5) is 43.1. The normalized spacial score (nSPS) is 18.7. The first-order valence-electron chi connectivity index (χ1n) is 8.41. The Labute approximate surface area is 157 Å². The second-order valence-electron chi connectivity index (χ2n) is 6.40. The number of benzene rings is 2. The van der Waals surface area contributed by atoms with E-state index in [9.17, 15) is 14.4 Å². The van der Waals surface area contributed by atoms with Crippen LogP contribution in [0.25, 0.3) is 4.85 Å². The lowest BCUT2D eigenvalue weighted by Crippen LogP contribution is -2.45. The molecule has 1 saturated heterocycles.